The van der Waals surface area contributed by atoms with Crippen LogP contribution in [-0.4, -0.2) is 40.0 Å². The monoisotopic (exact) mass is 353 g/mol. The number of carbonyl (C=O) groups excluding carboxylic acids is 2. The maximum absolute atomic E-state index is 13.2. The number of hydrogen-bond acceptors (Lipinski definition) is 4. The second-order valence-electron chi connectivity index (χ2n) is 6.28. The number of anilines is 1. The number of amides is 3. The zero-order valence-electron chi connectivity index (χ0n) is 12.9. The summed E-state index contributed by atoms with van der Waals surface area (Å²) in [6.07, 6.45) is 0.00173. The summed E-state index contributed by atoms with van der Waals surface area (Å²) in [5.74, 6) is -0.379. The maximum Gasteiger partial charge on any atom is 0.417 e. The van der Waals surface area contributed by atoms with Gasteiger partial charge in [-0.3, -0.25) is 10.1 Å². The molecule has 0 atom stereocenters. The van der Waals surface area contributed by atoms with Crippen LogP contribution in [0.1, 0.15) is 18.4 Å². The van der Waals surface area contributed by atoms with Crippen molar-refractivity contribution in [3.63, 3.8) is 0 Å². The number of hydrogen-bond donors (Lipinski definition) is 2. The molecule has 1 spiro atoms. The fraction of sp³-hybridized carbons (Fsp3) is 0.400. The van der Waals surface area contributed by atoms with E-state index >= 15 is 0 Å². The summed E-state index contributed by atoms with van der Waals surface area (Å²) in [7, 11) is 0. The van der Waals surface area contributed by atoms with Gasteiger partial charge in [-0.25, -0.2) is 9.78 Å². The number of fused-ring (bicyclic) bond motifs is 1. The van der Waals surface area contributed by atoms with Crippen LogP contribution in [0.2, 0.25) is 0 Å². The number of imide groups is 1. The van der Waals surface area contributed by atoms with Gasteiger partial charge >= 0.3 is 12.2 Å². The van der Waals surface area contributed by atoms with Gasteiger partial charge < -0.3 is 14.6 Å². The molecule has 0 saturated carbocycles. The van der Waals surface area contributed by atoms with Crippen molar-refractivity contribution in [3.05, 3.63) is 30.4 Å². The largest absolute Gasteiger partial charge is 0.417 e. The van der Waals surface area contributed by atoms with Crippen molar-refractivity contribution >= 4 is 23.1 Å². The van der Waals surface area contributed by atoms with Gasteiger partial charge in [0.15, 0.2) is 0 Å². The zero-order valence-corrected chi connectivity index (χ0v) is 12.9. The summed E-state index contributed by atoms with van der Waals surface area (Å²) >= 11 is 0. The van der Waals surface area contributed by atoms with Gasteiger partial charge in [-0.05, 0) is 18.9 Å². The fourth-order valence-corrected chi connectivity index (χ4v) is 3.43. The highest BCUT2D eigenvalue weighted by Gasteiger charge is 2.48. The van der Waals surface area contributed by atoms with Crippen LogP contribution >= 0.6 is 0 Å². The van der Waals surface area contributed by atoms with Crippen molar-refractivity contribution in [1.82, 2.24) is 20.0 Å². The maximum atomic E-state index is 13.2. The number of carbonyl (C=O) groups is 2. The molecule has 0 aliphatic carbocycles. The molecule has 0 bridgehead atoms. The lowest BCUT2D eigenvalue weighted by molar-refractivity contribution is -0.137. The highest BCUT2D eigenvalue weighted by molar-refractivity contribution is 6.07. The molecule has 3 amide bonds. The standard InChI is InChI=1S/C15H14F3N5O2/c16-15(17,18)9-5-10(11-6-19-8-23(11)7-9)22-3-1-14(2-4-22)12(24)20-13(25)21-14/h5-8H,1-4H2,(H2,20,21,24,25). The van der Waals surface area contributed by atoms with E-state index in [4.69, 9.17) is 0 Å². The minimum atomic E-state index is -4.47. The predicted octanol–water partition coefficient (Wildman–Crippen LogP) is 1.53. The van der Waals surface area contributed by atoms with E-state index in [9.17, 15) is 22.8 Å². The quantitative estimate of drug-likeness (QED) is 0.762. The number of pyridine rings is 1. The third-order valence-corrected chi connectivity index (χ3v) is 4.80. The summed E-state index contributed by atoms with van der Waals surface area (Å²) in [5, 5.41) is 4.85. The molecule has 2 saturated heterocycles. The van der Waals surface area contributed by atoms with Crippen molar-refractivity contribution in [1.29, 1.82) is 0 Å². The van der Waals surface area contributed by atoms with Gasteiger partial charge in [-0.2, -0.15) is 13.2 Å². The molecule has 4 heterocycles. The molecule has 25 heavy (non-hydrogen) atoms. The van der Waals surface area contributed by atoms with Crippen LogP contribution < -0.4 is 15.5 Å². The molecule has 0 aromatic carbocycles. The van der Waals surface area contributed by atoms with E-state index < -0.39 is 23.3 Å². The molecule has 2 aromatic rings. The number of halogens is 3. The van der Waals surface area contributed by atoms with E-state index in [1.165, 1.54) is 16.9 Å². The van der Waals surface area contributed by atoms with Crippen LogP contribution in [0.3, 0.4) is 0 Å². The molecule has 2 N–H and O–H groups in total. The van der Waals surface area contributed by atoms with Gasteiger partial charge in [-0.15, -0.1) is 0 Å². The SMILES string of the molecule is O=C1NC(=O)C2(CCN(c3cc(C(F)(F)F)cn4cncc34)CC2)N1. The number of imidazole rings is 1. The lowest BCUT2D eigenvalue weighted by atomic mass is 9.87. The molecule has 2 aliphatic rings. The Labute approximate surface area is 139 Å². The van der Waals surface area contributed by atoms with Crippen LogP contribution in [0, 0.1) is 0 Å². The highest BCUT2D eigenvalue weighted by atomic mass is 19.4. The minimum absolute atomic E-state index is 0.321. The molecular formula is C15H14F3N5O2. The van der Waals surface area contributed by atoms with Gasteiger partial charge in [0.1, 0.15) is 5.54 Å². The zero-order chi connectivity index (χ0) is 17.8. The van der Waals surface area contributed by atoms with E-state index in [2.05, 4.69) is 15.6 Å². The van der Waals surface area contributed by atoms with Crippen LogP contribution in [0.5, 0.6) is 0 Å². The molecule has 132 valence electrons. The number of rotatable bonds is 1. The number of piperidine rings is 1. The van der Waals surface area contributed by atoms with Crippen LogP contribution in [-0.2, 0) is 11.0 Å². The Morgan fingerprint density at radius 1 is 1.20 bits per heavy atom. The smallest absolute Gasteiger partial charge is 0.370 e. The van der Waals surface area contributed by atoms with Gasteiger partial charge in [0, 0.05) is 19.3 Å². The van der Waals surface area contributed by atoms with Crippen molar-refractivity contribution in [3.8, 4) is 0 Å². The van der Waals surface area contributed by atoms with Gasteiger partial charge in [0.2, 0.25) is 0 Å². The van der Waals surface area contributed by atoms with E-state index in [0.29, 0.717) is 37.1 Å². The van der Waals surface area contributed by atoms with Crippen molar-refractivity contribution in [2.75, 3.05) is 18.0 Å². The summed E-state index contributed by atoms with van der Waals surface area (Å²) < 4.78 is 40.8. The van der Waals surface area contributed by atoms with Crippen molar-refractivity contribution < 1.29 is 22.8 Å². The topological polar surface area (TPSA) is 78.7 Å². The molecule has 2 aromatic heterocycles. The van der Waals surface area contributed by atoms with Crippen LogP contribution in [0.15, 0.2) is 24.8 Å². The molecule has 0 unspecified atom stereocenters. The second kappa shape index (κ2) is 5.11. The first-order chi connectivity index (χ1) is 11.8. The van der Waals surface area contributed by atoms with Crippen molar-refractivity contribution in [2.24, 2.45) is 0 Å². The molecule has 2 fully saturated rings. The Morgan fingerprint density at radius 3 is 2.52 bits per heavy atom. The average molecular weight is 353 g/mol. The number of nitrogens with one attached hydrogen (secondary N) is 2. The molecule has 10 heteroatoms. The van der Waals surface area contributed by atoms with Crippen LogP contribution in [0.4, 0.5) is 23.7 Å². The minimum Gasteiger partial charge on any atom is -0.370 e. The van der Waals surface area contributed by atoms with E-state index in [1.807, 2.05) is 0 Å². The summed E-state index contributed by atoms with van der Waals surface area (Å²) in [5.41, 5.74) is -0.762. The van der Waals surface area contributed by atoms with E-state index in [0.717, 1.165) is 12.3 Å². The summed E-state index contributed by atoms with van der Waals surface area (Å²) in [6.45, 7) is 0.686. The molecule has 4 rings (SSSR count). The van der Waals surface area contributed by atoms with Crippen molar-refractivity contribution in [2.45, 2.75) is 24.6 Å². The lowest BCUT2D eigenvalue weighted by Crippen LogP contribution is -2.55. The number of alkyl halides is 3. The van der Waals surface area contributed by atoms with Gasteiger partial charge in [0.05, 0.1) is 29.3 Å². The lowest BCUT2D eigenvalue weighted by Gasteiger charge is -2.38. The average Bonchev–Trinajstić information content (AvgIpc) is 3.11. The number of aromatic nitrogens is 2. The Kier molecular flexibility index (Phi) is 3.21. The Morgan fingerprint density at radius 2 is 1.92 bits per heavy atom. The molecular weight excluding hydrogens is 339 g/mol. The number of urea groups is 1. The van der Waals surface area contributed by atoms with E-state index in [1.54, 1.807) is 4.90 Å². The van der Waals surface area contributed by atoms with Gasteiger partial charge in [-0.1, -0.05) is 0 Å². The normalized spacial score (nSPS) is 20.2. The Balaban J connectivity index is 1.66. The molecule has 0 radical (unpaired) electrons. The highest BCUT2D eigenvalue weighted by Crippen LogP contribution is 2.36. The summed E-state index contributed by atoms with van der Waals surface area (Å²) in [6, 6.07) is 0.568. The molecule has 7 nitrogen and oxygen atoms in total. The summed E-state index contributed by atoms with van der Waals surface area (Å²) in [4.78, 5) is 29.1. The predicted molar refractivity (Wildman–Crippen MR) is 81.0 cm³/mol. The van der Waals surface area contributed by atoms with E-state index in [-0.39, 0.29) is 5.91 Å². The second-order valence-corrected chi connectivity index (χ2v) is 6.28. The number of nitrogens with zero attached hydrogens (tertiary/aromatic N) is 3. The fourth-order valence-electron chi connectivity index (χ4n) is 3.43. The Bertz CT molecular complexity index is 868. The third kappa shape index (κ3) is 2.48. The Hall–Kier alpha value is -2.78. The first-order valence-corrected chi connectivity index (χ1v) is 7.70. The molecule has 2 aliphatic heterocycles. The van der Waals surface area contributed by atoms with Gasteiger partial charge in [0.25, 0.3) is 5.91 Å². The first kappa shape index (κ1) is 15.7. The first-order valence-electron chi connectivity index (χ1n) is 7.70. The van der Waals surface area contributed by atoms with Crippen LogP contribution in [0.25, 0.3) is 5.52 Å². The third-order valence-electron chi connectivity index (χ3n) is 4.80.